The lowest BCUT2D eigenvalue weighted by molar-refractivity contribution is -0.152. The third-order valence-corrected chi connectivity index (χ3v) is 2.05. The summed E-state index contributed by atoms with van der Waals surface area (Å²) < 4.78 is 9.63. The number of carbonyl (C=O) groups is 2. The molecule has 0 N–H and O–H groups in total. The molecule has 19 heavy (non-hydrogen) atoms. The minimum atomic E-state index is -0.352. The average molecular weight is 274 g/mol. The highest BCUT2D eigenvalue weighted by molar-refractivity contribution is 5.75. The fourth-order valence-electron chi connectivity index (χ4n) is 0.850. The summed E-state index contributed by atoms with van der Waals surface area (Å²) in [5.74, 6) is 0.314. The molecule has 0 saturated heterocycles. The Morgan fingerprint density at radius 3 is 1.89 bits per heavy atom. The molecule has 0 atom stereocenters. The molecular weight excluding hydrogens is 244 g/mol. The Morgan fingerprint density at radius 1 is 1.05 bits per heavy atom. The van der Waals surface area contributed by atoms with E-state index in [2.05, 4.69) is 13.8 Å². The molecule has 0 aliphatic carbocycles. The topological polar surface area (TPSA) is 52.6 Å². The first-order chi connectivity index (χ1) is 8.61. The molecule has 0 aliphatic rings. The first-order valence-electron chi connectivity index (χ1n) is 6.91. The molecule has 0 heterocycles. The molecule has 0 aliphatic heterocycles. The van der Waals surface area contributed by atoms with E-state index in [-0.39, 0.29) is 17.4 Å². The van der Waals surface area contributed by atoms with Crippen LogP contribution in [0.3, 0.4) is 0 Å². The van der Waals surface area contributed by atoms with Gasteiger partial charge in [0.05, 0.1) is 18.6 Å². The maximum atomic E-state index is 11.0. The van der Waals surface area contributed by atoms with Gasteiger partial charge in [0, 0.05) is 6.92 Å². The summed E-state index contributed by atoms with van der Waals surface area (Å²) >= 11 is 0. The second-order valence-electron chi connectivity index (χ2n) is 5.91. The monoisotopic (exact) mass is 274 g/mol. The summed E-state index contributed by atoms with van der Waals surface area (Å²) in [6.45, 7) is 14.3. The Bertz CT molecular complexity index is 251. The van der Waals surface area contributed by atoms with Crippen molar-refractivity contribution in [3.8, 4) is 0 Å². The van der Waals surface area contributed by atoms with Crippen molar-refractivity contribution in [3.63, 3.8) is 0 Å². The lowest BCUT2D eigenvalue weighted by Crippen LogP contribution is -2.23. The van der Waals surface area contributed by atoms with Crippen molar-refractivity contribution in [2.75, 3.05) is 13.2 Å². The summed E-state index contributed by atoms with van der Waals surface area (Å²) in [5, 5.41) is 0. The number of rotatable bonds is 5. The Hall–Kier alpha value is -1.06. The summed E-state index contributed by atoms with van der Waals surface area (Å²) in [4.78, 5) is 21.2. The third kappa shape index (κ3) is 16.9. The van der Waals surface area contributed by atoms with Crippen molar-refractivity contribution in [2.45, 2.75) is 61.3 Å². The largest absolute Gasteiger partial charge is 0.466 e. The molecular formula is C15H30O4. The van der Waals surface area contributed by atoms with Gasteiger partial charge in [-0.25, -0.2) is 0 Å². The van der Waals surface area contributed by atoms with Crippen molar-refractivity contribution < 1.29 is 19.1 Å². The van der Waals surface area contributed by atoms with Gasteiger partial charge >= 0.3 is 11.9 Å². The van der Waals surface area contributed by atoms with Crippen molar-refractivity contribution in [1.82, 2.24) is 0 Å². The van der Waals surface area contributed by atoms with Crippen LogP contribution in [0.2, 0.25) is 0 Å². The molecule has 4 heteroatoms. The van der Waals surface area contributed by atoms with Gasteiger partial charge in [-0.05, 0) is 39.5 Å². The molecule has 0 bridgehead atoms. The van der Waals surface area contributed by atoms with Gasteiger partial charge in [0.1, 0.15) is 0 Å². The van der Waals surface area contributed by atoms with Crippen LogP contribution in [-0.4, -0.2) is 25.2 Å². The number of carbonyl (C=O) groups excluding carboxylic acids is 2. The van der Waals surface area contributed by atoms with Crippen LogP contribution in [0.1, 0.15) is 61.3 Å². The second kappa shape index (κ2) is 10.8. The summed E-state index contributed by atoms with van der Waals surface area (Å²) in [6, 6.07) is 0. The van der Waals surface area contributed by atoms with Crippen LogP contribution in [0.4, 0.5) is 0 Å². The van der Waals surface area contributed by atoms with E-state index in [4.69, 9.17) is 9.47 Å². The summed E-state index contributed by atoms with van der Waals surface area (Å²) in [5.41, 5.74) is -0.352. The minimum Gasteiger partial charge on any atom is -0.466 e. The van der Waals surface area contributed by atoms with Crippen molar-refractivity contribution in [3.05, 3.63) is 0 Å². The van der Waals surface area contributed by atoms with E-state index < -0.39 is 0 Å². The molecule has 0 radical (unpaired) electrons. The number of ether oxygens (including phenoxy) is 2. The van der Waals surface area contributed by atoms with E-state index in [1.165, 1.54) is 6.92 Å². The standard InChI is InChI=1S/C8H16O2.C7H14O2/c1-5-6-10-7(9)8(2,3)4;1-6(2)4-5-9-7(3)8/h5-6H2,1-4H3;6H,4-5H2,1-3H3. The van der Waals surface area contributed by atoms with Gasteiger partial charge < -0.3 is 9.47 Å². The molecule has 0 unspecified atom stereocenters. The van der Waals surface area contributed by atoms with Gasteiger partial charge in [0.15, 0.2) is 0 Å². The normalized spacial score (nSPS) is 10.5. The Balaban J connectivity index is 0. The van der Waals surface area contributed by atoms with E-state index >= 15 is 0 Å². The average Bonchev–Trinajstić information content (AvgIpc) is 2.24. The molecule has 0 amide bonds. The fraction of sp³-hybridized carbons (Fsp3) is 0.867. The fourth-order valence-corrected chi connectivity index (χ4v) is 0.850. The van der Waals surface area contributed by atoms with Gasteiger partial charge in [0.25, 0.3) is 0 Å². The highest BCUT2D eigenvalue weighted by atomic mass is 16.5. The quantitative estimate of drug-likeness (QED) is 0.719. The first kappa shape index (κ1) is 20.3. The van der Waals surface area contributed by atoms with Gasteiger partial charge in [-0.3, -0.25) is 9.59 Å². The van der Waals surface area contributed by atoms with E-state index in [1.807, 2.05) is 27.7 Å². The smallest absolute Gasteiger partial charge is 0.311 e. The van der Waals surface area contributed by atoms with Crippen molar-refractivity contribution >= 4 is 11.9 Å². The van der Waals surface area contributed by atoms with E-state index in [1.54, 1.807) is 0 Å². The third-order valence-electron chi connectivity index (χ3n) is 2.05. The first-order valence-corrected chi connectivity index (χ1v) is 6.91. The van der Waals surface area contributed by atoms with Gasteiger partial charge in [-0.15, -0.1) is 0 Å². The Kier molecular flexibility index (Phi) is 11.5. The maximum absolute atomic E-state index is 11.0. The predicted octanol–water partition coefficient (Wildman–Crippen LogP) is 3.58. The van der Waals surface area contributed by atoms with Crippen LogP contribution in [-0.2, 0) is 19.1 Å². The number of hydrogen-bond acceptors (Lipinski definition) is 4. The number of esters is 2. The lowest BCUT2D eigenvalue weighted by atomic mass is 9.97. The van der Waals surface area contributed by atoms with Crippen molar-refractivity contribution in [1.29, 1.82) is 0 Å². The van der Waals surface area contributed by atoms with E-state index in [0.717, 1.165) is 12.8 Å². The van der Waals surface area contributed by atoms with Crippen LogP contribution in [0.5, 0.6) is 0 Å². The maximum Gasteiger partial charge on any atom is 0.311 e. The zero-order valence-corrected chi connectivity index (χ0v) is 13.5. The Labute approximate surface area is 117 Å². The van der Waals surface area contributed by atoms with Crippen LogP contribution in [0, 0.1) is 11.3 Å². The highest BCUT2D eigenvalue weighted by Gasteiger charge is 2.22. The van der Waals surface area contributed by atoms with Gasteiger partial charge in [0.2, 0.25) is 0 Å². The van der Waals surface area contributed by atoms with Crippen LogP contribution < -0.4 is 0 Å². The molecule has 0 fully saturated rings. The van der Waals surface area contributed by atoms with Crippen LogP contribution in [0.25, 0.3) is 0 Å². The molecule has 0 aromatic carbocycles. The summed E-state index contributed by atoms with van der Waals surface area (Å²) in [7, 11) is 0. The minimum absolute atomic E-state index is 0.116. The molecule has 0 aromatic rings. The van der Waals surface area contributed by atoms with Crippen molar-refractivity contribution in [2.24, 2.45) is 11.3 Å². The molecule has 114 valence electrons. The molecule has 4 nitrogen and oxygen atoms in total. The summed E-state index contributed by atoms with van der Waals surface area (Å²) in [6.07, 6.45) is 1.85. The predicted molar refractivity (Wildman–Crippen MR) is 76.8 cm³/mol. The number of hydrogen-bond donors (Lipinski definition) is 0. The second-order valence-corrected chi connectivity index (χ2v) is 5.91. The molecule has 0 aromatic heterocycles. The molecule has 0 spiro atoms. The molecule has 0 rings (SSSR count). The molecule has 0 saturated carbocycles. The highest BCUT2D eigenvalue weighted by Crippen LogP contribution is 2.14. The van der Waals surface area contributed by atoms with E-state index in [9.17, 15) is 9.59 Å². The lowest BCUT2D eigenvalue weighted by Gasteiger charge is -2.15. The Morgan fingerprint density at radius 2 is 1.58 bits per heavy atom. The zero-order chi connectivity index (χ0) is 15.5. The van der Waals surface area contributed by atoms with Gasteiger partial charge in [-0.1, -0.05) is 20.8 Å². The zero-order valence-electron chi connectivity index (χ0n) is 13.5. The van der Waals surface area contributed by atoms with Crippen LogP contribution in [0.15, 0.2) is 0 Å². The van der Waals surface area contributed by atoms with E-state index in [0.29, 0.717) is 19.1 Å². The SMILES string of the molecule is CC(=O)OCCC(C)C.CCCOC(=O)C(C)(C)C. The van der Waals surface area contributed by atoms with Gasteiger partial charge in [-0.2, -0.15) is 0 Å². The van der Waals surface area contributed by atoms with Crippen LogP contribution >= 0.6 is 0 Å².